The largest absolute Gasteiger partial charge is 0.487 e. The van der Waals surface area contributed by atoms with Gasteiger partial charge in [-0.15, -0.1) is 0 Å². The highest BCUT2D eigenvalue weighted by molar-refractivity contribution is 6.32. The quantitative estimate of drug-likeness (QED) is 0.630. The van der Waals surface area contributed by atoms with Crippen LogP contribution in [0.4, 0.5) is 23.1 Å². The zero-order valence-corrected chi connectivity index (χ0v) is 18.0. The molecule has 3 heterocycles. The van der Waals surface area contributed by atoms with Crippen LogP contribution in [0, 0.1) is 0 Å². The van der Waals surface area contributed by atoms with E-state index in [1.165, 1.54) is 19.3 Å². The molecule has 2 aromatic rings. The third kappa shape index (κ3) is 4.14. The van der Waals surface area contributed by atoms with Gasteiger partial charge in [0.05, 0.1) is 11.9 Å². The van der Waals surface area contributed by atoms with Crippen LogP contribution in [0.1, 0.15) is 24.8 Å². The maximum absolute atomic E-state index is 6.38. The van der Waals surface area contributed by atoms with Crippen molar-refractivity contribution >= 4 is 40.8 Å². The minimum absolute atomic E-state index is 0.432. The summed E-state index contributed by atoms with van der Waals surface area (Å²) in [7, 11) is 1.98. The number of rotatable bonds is 6. The molecular weight excluding hydrogens is 398 g/mol. The lowest BCUT2D eigenvalue weighted by atomic mass is 10.0. The first-order valence-electron chi connectivity index (χ1n) is 10.1. The summed E-state index contributed by atoms with van der Waals surface area (Å²) in [4.78, 5) is 13.3. The number of anilines is 4. The molecule has 6 nitrogen and oxygen atoms in total. The second-order valence-electron chi connectivity index (χ2n) is 7.43. The highest BCUT2D eigenvalue weighted by Gasteiger charge is 2.21. The van der Waals surface area contributed by atoms with E-state index in [0.717, 1.165) is 47.4 Å². The summed E-state index contributed by atoms with van der Waals surface area (Å²) in [6.07, 6.45) is 8.98. The van der Waals surface area contributed by atoms with Crippen molar-refractivity contribution in [3.8, 4) is 0 Å². The molecule has 156 valence electrons. The lowest BCUT2D eigenvalue weighted by Gasteiger charge is -2.30. The zero-order valence-electron chi connectivity index (χ0n) is 17.2. The van der Waals surface area contributed by atoms with E-state index >= 15 is 0 Å². The zero-order chi connectivity index (χ0) is 21.1. The minimum atomic E-state index is 0.432. The average molecular weight is 424 g/mol. The summed E-state index contributed by atoms with van der Waals surface area (Å²) >= 11 is 6.38. The monoisotopic (exact) mass is 423 g/mol. The van der Waals surface area contributed by atoms with Gasteiger partial charge in [0, 0.05) is 37.1 Å². The van der Waals surface area contributed by atoms with Gasteiger partial charge < -0.3 is 19.9 Å². The summed E-state index contributed by atoms with van der Waals surface area (Å²) in [5.74, 6) is 2.05. The number of nitrogens with one attached hydrogen (secondary N) is 1. The molecule has 0 saturated carbocycles. The average Bonchev–Trinajstić information content (AvgIpc) is 2.77. The van der Waals surface area contributed by atoms with E-state index in [1.54, 1.807) is 12.3 Å². The minimum Gasteiger partial charge on any atom is -0.487 e. The smallest absolute Gasteiger partial charge is 0.227 e. The first kappa shape index (κ1) is 20.3. The fourth-order valence-corrected chi connectivity index (χ4v) is 3.83. The molecule has 30 heavy (non-hydrogen) atoms. The van der Waals surface area contributed by atoms with Crippen molar-refractivity contribution in [3.63, 3.8) is 0 Å². The number of likely N-dealkylation sites (N-methyl/N-ethyl adjacent to an activating group) is 1. The number of fused-ring (bicyclic) bond motifs is 1. The van der Waals surface area contributed by atoms with Gasteiger partial charge in [0.25, 0.3) is 0 Å². The number of benzene rings is 1. The number of hydrogen-bond acceptors (Lipinski definition) is 6. The van der Waals surface area contributed by atoms with E-state index in [0.29, 0.717) is 17.4 Å². The third-order valence-corrected chi connectivity index (χ3v) is 5.63. The molecule has 0 atom stereocenters. The van der Waals surface area contributed by atoms with Crippen LogP contribution in [0.2, 0.25) is 5.02 Å². The van der Waals surface area contributed by atoms with Crippen LogP contribution in [0.3, 0.4) is 0 Å². The Kier molecular flexibility index (Phi) is 5.95. The summed E-state index contributed by atoms with van der Waals surface area (Å²) in [5, 5.41) is 3.84. The molecule has 0 bridgehead atoms. The van der Waals surface area contributed by atoms with Crippen molar-refractivity contribution in [2.45, 2.75) is 19.3 Å². The van der Waals surface area contributed by atoms with E-state index in [4.69, 9.17) is 16.3 Å². The number of piperidine rings is 1. The second-order valence-corrected chi connectivity index (χ2v) is 7.83. The Morgan fingerprint density at radius 3 is 2.83 bits per heavy atom. The lowest BCUT2D eigenvalue weighted by molar-refractivity contribution is 0.258. The van der Waals surface area contributed by atoms with Gasteiger partial charge in [-0.25, -0.2) is 4.98 Å². The molecule has 2 aliphatic rings. The molecule has 1 fully saturated rings. The Morgan fingerprint density at radius 2 is 2.07 bits per heavy atom. The molecule has 0 aliphatic carbocycles. The standard InChI is InChI=1S/C23H26ClN5O/c1-4-12-30-21-14-17-13-18(8-9-20(17)28(3)16(21)2)26-22-19(24)15-25-23(27-22)29-10-6-5-7-11-29/h4,8-9,13-15H,1-2,5-7,10-12H2,3H3,(H,25,26,27). The van der Waals surface area contributed by atoms with Crippen LogP contribution in [0.25, 0.3) is 6.08 Å². The molecule has 4 rings (SSSR count). The predicted octanol–water partition coefficient (Wildman–Crippen LogP) is 5.37. The molecule has 1 aromatic carbocycles. The van der Waals surface area contributed by atoms with Crippen molar-refractivity contribution < 1.29 is 4.74 Å². The summed E-state index contributed by atoms with van der Waals surface area (Å²) in [6, 6.07) is 6.10. The summed E-state index contributed by atoms with van der Waals surface area (Å²) in [6.45, 7) is 10.2. The highest BCUT2D eigenvalue weighted by Crippen LogP contribution is 2.36. The van der Waals surface area contributed by atoms with Gasteiger partial charge in [0.15, 0.2) is 5.82 Å². The first-order chi connectivity index (χ1) is 14.6. The highest BCUT2D eigenvalue weighted by atomic mass is 35.5. The Hall–Kier alpha value is -2.99. The number of ether oxygens (including phenoxy) is 1. The van der Waals surface area contributed by atoms with Gasteiger partial charge in [-0.3, -0.25) is 0 Å². The van der Waals surface area contributed by atoms with Crippen LogP contribution < -0.4 is 15.1 Å². The van der Waals surface area contributed by atoms with Crippen molar-refractivity contribution in [1.29, 1.82) is 0 Å². The van der Waals surface area contributed by atoms with Crippen LogP contribution in [0.15, 0.2) is 55.1 Å². The van der Waals surface area contributed by atoms with E-state index < -0.39 is 0 Å². The van der Waals surface area contributed by atoms with E-state index in [-0.39, 0.29) is 0 Å². The van der Waals surface area contributed by atoms with Gasteiger partial charge >= 0.3 is 0 Å². The van der Waals surface area contributed by atoms with Gasteiger partial charge in [-0.2, -0.15) is 4.98 Å². The Balaban J connectivity index is 1.60. The molecule has 0 unspecified atom stereocenters. The maximum Gasteiger partial charge on any atom is 0.227 e. The fourth-order valence-electron chi connectivity index (χ4n) is 3.69. The summed E-state index contributed by atoms with van der Waals surface area (Å²) in [5.41, 5.74) is 3.78. The van der Waals surface area contributed by atoms with Crippen molar-refractivity contribution in [3.05, 3.63) is 65.7 Å². The van der Waals surface area contributed by atoms with Gasteiger partial charge in [0.2, 0.25) is 5.95 Å². The Morgan fingerprint density at radius 1 is 1.27 bits per heavy atom. The molecule has 1 aromatic heterocycles. The molecule has 7 heteroatoms. The van der Waals surface area contributed by atoms with Gasteiger partial charge in [-0.1, -0.05) is 30.8 Å². The molecule has 1 saturated heterocycles. The molecule has 0 spiro atoms. The molecule has 2 aliphatic heterocycles. The molecule has 0 amide bonds. The number of aromatic nitrogens is 2. The number of nitrogens with zero attached hydrogens (tertiary/aromatic N) is 4. The van der Waals surface area contributed by atoms with Crippen molar-refractivity contribution in [1.82, 2.24) is 9.97 Å². The van der Waals surface area contributed by atoms with Crippen LogP contribution in [0.5, 0.6) is 0 Å². The third-order valence-electron chi connectivity index (χ3n) is 5.35. The van der Waals surface area contributed by atoms with Crippen LogP contribution in [-0.2, 0) is 4.74 Å². The van der Waals surface area contributed by atoms with Crippen molar-refractivity contribution in [2.75, 3.05) is 41.9 Å². The number of halogens is 1. The fraction of sp³-hybridized carbons (Fsp3) is 0.304. The number of hydrogen-bond donors (Lipinski definition) is 1. The van der Waals surface area contributed by atoms with E-state index in [9.17, 15) is 0 Å². The van der Waals surface area contributed by atoms with Crippen LogP contribution >= 0.6 is 11.6 Å². The first-order valence-corrected chi connectivity index (χ1v) is 10.5. The SMILES string of the molecule is C=CCOC1=Cc2cc(Nc3nc(N4CCCCC4)ncc3Cl)ccc2N(C)C1=C. The van der Waals surface area contributed by atoms with Crippen LogP contribution in [-0.4, -0.2) is 36.7 Å². The van der Waals surface area contributed by atoms with E-state index in [2.05, 4.69) is 39.4 Å². The Labute approximate surface area is 182 Å². The lowest BCUT2D eigenvalue weighted by Crippen LogP contribution is -2.31. The maximum atomic E-state index is 6.38. The molecule has 0 radical (unpaired) electrons. The Bertz CT molecular complexity index is 997. The molecular formula is C23H26ClN5O. The normalized spacial score (nSPS) is 16.1. The van der Waals surface area contributed by atoms with E-state index in [1.807, 2.05) is 30.2 Å². The van der Waals surface area contributed by atoms with Gasteiger partial charge in [-0.05, 0) is 43.5 Å². The van der Waals surface area contributed by atoms with Crippen molar-refractivity contribution in [2.24, 2.45) is 0 Å². The molecule has 1 N–H and O–H groups in total. The topological polar surface area (TPSA) is 53.5 Å². The second kappa shape index (κ2) is 8.79. The van der Waals surface area contributed by atoms with Gasteiger partial charge in [0.1, 0.15) is 17.4 Å². The summed E-state index contributed by atoms with van der Waals surface area (Å²) < 4.78 is 5.77. The predicted molar refractivity (Wildman–Crippen MR) is 124 cm³/mol.